The zero-order chi connectivity index (χ0) is 18.8. The van der Waals surface area contributed by atoms with Gasteiger partial charge in [-0.3, -0.25) is 14.2 Å². The molecule has 2 rings (SSSR count). The summed E-state index contributed by atoms with van der Waals surface area (Å²) in [6.45, 7) is 8.05. The molecule has 0 heterocycles. The summed E-state index contributed by atoms with van der Waals surface area (Å²) in [4.78, 5) is 35.0. The molecule has 0 aromatic heterocycles. The molecule has 0 radical (unpaired) electrons. The number of rotatable bonds is 6. The van der Waals surface area contributed by atoms with Crippen molar-refractivity contribution in [1.82, 2.24) is 0 Å². The van der Waals surface area contributed by atoms with Crippen molar-refractivity contribution in [2.75, 3.05) is 0 Å². The molecule has 0 saturated carbocycles. The molecule has 0 bridgehead atoms. The first-order valence-corrected chi connectivity index (χ1v) is 9.93. The SMILES string of the molecule is CC(C)c1ccc(C(=O)P(=O)(O)C(=O)c2ccc(C(C)C)cc2)cc1.[NaH]. The predicted molar refractivity (Wildman–Crippen MR) is 107 cm³/mol. The second-order valence-electron chi connectivity index (χ2n) is 6.74. The number of hydrogen-bond donors (Lipinski definition) is 1. The normalized spacial score (nSPS) is 11.3. The molecular formula is C20H24NaO4P. The third kappa shape index (κ3) is 5.03. The van der Waals surface area contributed by atoms with Crippen LogP contribution in [0, 0.1) is 0 Å². The Morgan fingerprint density at radius 2 is 1.00 bits per heavy atom. The Bertz CT molecular complexity index is 756. The van der Waals surface area contributed by atoms with Crippen LogP contribution < -0.4 is 0 Å². The van der Waals surface area contributed by atoms with Crippen LogP contribution in [0.5, 0.6) is 0 Å². The fourth-order valence-electron chi connectivity index (χ4n) is 2.46. The van der Waals surface area contributed by atoms with Gasteiger partial charge in [0.25, 0.3) is 11.0 Å². The van der Waals surface area contributed by atoms with Crippen molar-refractivity contribution < 1.29 is 19.0 Å². The van der Waals surface area contributed by atoms with Gasteiger partial charge in [0.05, 0.1) is 0 Å². The second-order valence-corrected chi connectivity index (χ2v) is 8.70. The summed E-state index contributed by atoms with van der Waals surface area (Å²) >= 11 is 0. The summed E-state index contributed by atoms with van der Waals surface area (Å²) in [5, 5.41) is 0. The maximum absolute atomic E-state index is 12.5. The molecule has 2 aromatic rings. The zero-order valence-electron chi connectivity index (χ0n) is 14.9. The van der Waals surface area contributed by atoms with Gasteiger partial charge >= 0.3 is 36.9 Å². The van der Waals surface area contributed by atoms with E-state index in [1.165, 1.54) is 24.3 Å². The van der Waals surface area contributed by atoms with Crippen molar-refractivity contribution in [3.05, 3.63) is 70.8 Å². The molecule has 134 valence electrons. The molecule has 0 fully saturated rings. The van der Waals surface area contributed by atoms with Crippen molar-refractivity contribution in [3.8, 4) is 0 Å². The third-order valence-electron chi connectivity index (χ3n) is 4.20. The molecule has 0 amide bonds. The number of carbonyl (C=O) groups excluding carboxylic acids is 2. The molecule has 0 atom stereocenters. The van der Waals surface area contributed by atoms with Gasteiger partial charge in [-0.25, -0.2) is 0 Å². The Balaban J connectivity index is 0.00000338. The zero-order valence-corrected chi connectivity index (χ0v) is 15.8. The van der Waals surface area contributed by atoms with Crippen LogP contribution in [0.25, 0.3) is 0 Å². The molecule has 0 saturated heterocycles. The predicted octanol–water partition coefficient (Wildman–Crippen LogP) is 4.54. The minimum absolute atomic E-state index is 0. The monoisotopic (exact) mass is 382 g/mol. The Hall–Kier alpha value is -1.03. The minimum atomic E-state index is -4.67. The molecular weight excluding hydrogens is 358 g/mol. The topological polar surface area (TPSA) is 71.4 Å². The van der Waals surface area contributed by atoms with Gasteiger partial charge in [-0.2, -0.15) is 0 Å². The summed E-state index contributed by atoms with van der Waals surface area (Å²) in [6, 6.07) is 12.9. The van der Waals surface area contributed by atoms with Gasteiger partial charge in [-0.15, -0.1) is 0 Å². The van der Waals surface area contributed by atoms with Gasteiger partial charge in [-0.05, 0) is 23.0 Å². The number of hydrogen-bond acceptors (Lipinski definition) is 3. The molecule has 2 aromatic carbocycles. The van der Waals surface area contributed by atoms with Crippen LogP contribution in [0.3, 0.4) is 0 Å². The molecule has 1 N–H and O–H groups in total. The van der Waals surface area contributed by atoms with E-state index in [-0.39, 0.29) is 52.5 Å². The van der Waals surface area contributed by atoms with Gasteiger partial charge in [0.1, 0.15) is 0 Å². The standard InChI is InChI=1S/C20H23O4P.Na.H/c1-13(2)15-5-9-17(10-6-15)19(21)25(23,24)20(22)18-11-7-16(8-12-18)14(3)4;;/h5-14H,1-4H3,(H,23,24);;. The Labute approximate surface area is 176 Å². The van der Waals surface area contributed by atoms with Gasteiger partial charge in [0, 0.05) is 11.1 Å². The van der Waals surface area contributed by atoms with E-state index in [0.717, 1.165) is 11.1 Å². The van der Waals surface area contributed by atoms with Crippen LogP contribution >= 0.6 is 7.37 Å². The average molecular weight is 382 g/mol. The summed E-state index contributed by atoms with van der Waals surface area (Å²) in [7, 11) is -4.67. The Morgan fingerprint density at radius 3 is 1.23 bits per heavy atom. The van der Waals surface area contributed by atoms with Crippen LogP contribution in [0.15, 0.2) is 48.5 Å². The van der Waals surface area contributed by atoms with Gasteiger partial charge in [-0.1, -0.05) is 76.2 Å². The second kappa shape index (κ2) is 9.25. The Kier molecular flexibility index (Phi) is 8.19. The van der Waals surface area contributed by atoms with E-state index in [0.29, 0.717) is 0 Å². The van der Waals surface area contributed by atoms with E-state index < -0.39 is 18.4 Å². The molecule has 4 nitrogen and oxygen atoms in total. The van der Waals surface area contributed by atoms with Gasteiger partial charge in [0.2, 0.25) is 0 Å². The number of benzene rings is 2. The first kappa shape index (κ1) is 23.0. The fraction of sp³-hybridized carbons (Fsp3) is 0.300. The first-order valence-electron chi connectivity index (χ1n) is 8.27. The van der Waals surface area contributed by atoms with Crippen LogP contribution in [-0.2, 0) is 4.57 Å². The van der Waals surface area contributed by atoms with Crippen molar-refractivity contribution in [3.63, 3.8) is 0 Å². The van der Waals surface area contributed by atoms with Crippen LogP contribution in [-0.4, -0.2) is 45.5 Å². The van der Waals surface area contributed by atoms with Gasteiger partial charge < -0.3 is 4.89 Å². The molecule has 0 aliphatic carbocycles. The van der Waals surface area contributed by atoms with Crippen molar-refractivity contribution in [2.24, 2.45) is 0 Å². The molecule has 0 aliphatic rings. The van der Waals surface area contributed by atoms with E-state index in [2.05, 4.69) is 0 Å². The van der Waals surface area contributed by atoms with E-state index in [1.807, 2.05) is 27.7 Å². The van der Waals surface area contributed by atoms with E-state index in [9.17, 15) is 19.0 Å². The van der Waals surface area contributed by atoms with Crippen molar-refractivity contribution in [2.45, 2.75) is 39.5 Å². The van der Waals surface area contributed by atoms with Crippen LogP contribution in [0.4, 0.5) is 0 Å². The summed E-state index contributed by atoms with van der Waals surface area (Å²) < 4.78 is 12.5. The molecule has 6 heteroatoms. The average Bonchev–Trinajstić information content (AvgIpc) is 2.60. The van der Waals surface area contributed by atoms with Crippen LogP contribution in [0.2, 0.25) is 0 Å². The summed E-state index contributed by atoms with van der Waals surface area (Å²) in [5.74, 6) is 0.567. The van der Waals surface area contributed by atoms with Crippen LogP contribution in [0.1, 0.15) is 71.4 Å². The van der Waals surface area contributed by atoms with Gasteiger partial charge in [0.15, 0.2) is 0 Å². The summed E-state index contributed by atoms with van der Waals surface area (Å²) in [5.41, 5.74) is 0.117. The number of carbonyl (C=O) groups is 2. The quantitative estimate of drug-likeness (QED) is 0.588. The molecule has 0 aliphatic heterocycles. The van der Waals surface area contributed by atoms with Crippen molar-refractivity contribution >= 4 is 48.0 Å². The van der Waals surface area contributed by atoms with E-state index in [4.69, 9.17) is 0 Å². The Morgan fingerprint density at radius 1 is 0.731 bits per heavy atom. The maximum atomic E-state index is 12.5. The molecule has 0 spiro atoms. The molecule has 0 unspecified atom stereocenters. The molecule has 26 heavy (non-hydrogen) atoms. The van der Waals surface area contributed by atoms with E-state index >= 15 is 0 Å². The first-order chi connectivity index (χ1) is 11.6. The third-order valence-corrected chi connectivity index (χ3v) is 5.82. The van der Waals surface area contributed by atoms with E-state index in [1.54, 1.807) is 24.3 Å². The van der Waals surface area contributed by atoms with Crippen molar-refractivity contribution in [1.29, 1.82) is 0 Å². The fourth-order valence-corrected chi connectivity index (χ4v) is 3.65. The summed E-state index contributed by atoms with van der Waals surface area (Å²) in [6.07, 6.45) is 0.